The summed E-state index contributed by atoms with van der Waals surface area (Å²) in [7, 11) is 14.9. The molecule has 0 rings (SSSR count). The summed E-state index contributed by atoms with van der Waals surface area (Å²) >= 11 is 0. The van der Waals surface area contributed by atoms with Gasteiger partial charge in [-0.25, -0.2) is 0 Å². The third-order valence-corrected chi connectivity index (χ3v) is 11.1. The minimum absolute atomic E-state index is 1.18. The summed E-state index contributed by atoms with van der Waals surface area (Å²) in [6.45, 7) is 18.7. The second-order valence-electron chi connectivity index (χ2n) is 17.8. The van der Waals surface area contributed by atoms with Crippen molar-refractivity contribution in [3.8, 4) is 0 Å². The first kappa shape index (κ1) is 46.8. The predicted octanol–water partition coefficient (Wildman–Crippen LogP) is 11.3. The Balaban J connectivity index is 4.70. The summed E-state index contributed by atoms with van der Waals surface area (Å²) < 4.78 is 3.56. The van der Waals surface area contributed by atoms with Gasteiger partial charge >= 0.3 is 0 Å². The molecule has 0 saturated carbocycles. The minimum atomic E-state index is 1.18. The lowest BCUT2D eigenvalue weighted by Crippen LogP contribution is -2.50. The van der Waals surface area contributed by atoms with Crippen LogP contribution in [0.2, 0.25) is 0 Å². The van der Waals surface area contributed by atoms with Crippen molar-refractivity contribution < 1.29 is 13.4 Å². The molecule has 0 atom stereocenters. The van der Waals surface area contributed by atoms with E-state index in [9.17, 15) is 0 Å². The number of likely N-dealkylation sites (N-methyl/N-ethyl adjacent to an activating group) is 2. The van der Waals surface area contributed by atoms with E-state index in [2.05, 4.69) is 68.0 Å². The minimum Gasteiger partial charge on any atom is -0.328 e. The molecule has 284 valence electrons. The van der Waals surface area contributed by atoms with E-state index in [1.807, 2.05) is 0 Å². The number of nitrogens with zero attached hydrogens (tertiary/aromatic N) is 4. The molecular weight excluding hydrogens is 573 g/mol. The van der Waals surface area contributed by atoms with Gasteiger partial charge in [-0.1, -0.05) is 136 Å². The Bertz CT molecular complexity index is 608. The second kappa shape index (κ2) is 30.6. The highest BCUT2D eigenvalue weighted by atomic mass is 15.3. The Morgan fingerprint density at radius 1 is 0.255 bits per heavy atom. The molecule has 0 bridgehead atoms. The van der Waals surface area contributed by atoms with Gasteiger partial charge in [0, 0.05) is 26.1 Å². The maximum absolute atomic E-state index is 2.86. The summed E-state index contributed by atoms with van der Waals surface area (Å²) in [6.07, 6.45) is 35.5. The largest absolute Gasteiger partial charge is 0.328 e. The standard InChI is InChI=1S/C43H95N4/c1-10-13-16-19-22-25-28-31-38-45(4,5)41-34-35-44(36-42-46(6,7)39-32-29-26-23-20-17-14-11-2)37-43-47(8,9)40-33-30-27-24-21-18-15-12-3/h10-43H2,1-9H3/q+3. The smallest absolute Gasteiger partial charge is 0.0911 e. The van der Waals surface area contributed by atoms with E-state index in [1.54, 1.807) is 0 Å². The number of unbranched alkanes of at least 4 members (excludes halogenated alkanes) is 21. The molecule has 0 aliphatic carbocycles. The van der Waals surface area contributed by atoms with Crippen molar-refractivity contribution in [3.05, 3.63) is 0 Å². The average Bonchev–Trinajstić information content (AvgIpc) is 3.02. The lowest BCUT2D eigenvalue weighted by Gasteiger charge is -2.36. The zero-order chi connectivity index (χ0) is 35.1. The molecule has 0 aromatic carbocycles. The summed E-state index contributed by atoms with van der Waals surface area (Å²) in [5, 5.41) is 0. The summed E-state index contributed by atoms with van der Waals surface area (Å²) in [6, 6.07) is 0. The van der Waals surface area contributed by atoms with Crippen LogP contribution in [0.25, 0.3) is 0 Å². The number of hydrogen-bond donors (Lipinski definition) is 0. The highest BCUT2D eigenvalue weighted by Crippen LogP contribution is 2.14. The molecular formula is C43H95N4+3. The van der Waals surface area contributed by atoms with Crippen molar-refractivity contribution in [1.82, 2.24) is 4.90 Å². The molecule has 47 heavy (non-hydrogen) atoms. The SMILES string of the molecule is CCCCCCCCCC[N+](C)(C)CCCN(CC[N+](C)(C)CCCCCCCCCC)CC[N+](C)(C)CCCCCCCCCC. The van der Waals surface area contributed by atoms with E-state index in [0.29, 0.717) is 0 Å². The lowest BCUT2D eigenvalue weighted by atomic mass is 10.1. The summed E-state index contributed by atoms with van der Waals surface area (Å²) in [5.41, 5.74) is 0. The number of hydrogen-bond acceptors (Lipinski definition) is 1. The summed E-state index contributed by atoms with van der Waals surface area (Å²) in [5.74, 6) is 0. The van der Waals surface area contributed by atoms with Crippen LogP contribution in [0.3, 0.4) is 0 Å². The van der Waals surface area contributed by atoms with Crippen molar-refractivity contribution in [3.63, 3.8) is 0 Å². The van der Waals surface area contributed by atoms with Crippen LogP contribution in [0, 0.1) is 0 Å². The van der Waals surface area contributed by atoms with E-state index in [0.717, 1.165) is 0 Å². The Morgan fingerprint density at radius 3 is 0.787 bits per heavy atom. The fraction of sp³-hybridized carbons (Fsp3) is 1.00. The third kappa shape index (κ3) is 32.8. The molecule has 0 amide bonds. The molecule has 4 heteroatoms. The molecule has 0 saturated heterocycles. The molecule has 0 heterocycles. The first-order chi connectivity index (χ1) is 22.5. The molecule has 0 aliphatic rings. The molecule has 0 unspecified atom stereocenters. The molecule has 0 spiro atoms. The van der Waals surface area contributed by atoms with Crippen molar-refractivity contribution in [2.24, 2.45) is 0 Å². The zero-order valence-corrected chi connectivity index (χ0v) is 34.8. The molecule has 0 aromatic heterocycles. The van der Waals surface area contributed by atoms with Gasteiger partial charge in [-0.15, -0.1) is 0 Å². The van der Waals surface area contributed by atoms with Gasteiger partial charge in [0.1, 0.15) is 0 Å². The number of quaternary nitrogens is 3. The maximum atomic E-state index is 2.86. The van der Waals surface area contributed by atoms with Gasteiger partial charge < -0.3 is 13.4 Å². The van der Waals surface area contributed by atoms with E-state index >= 15 is 0 Å². The first-order valence-electron chi connectivity index (χ1n) is 21.7. The quantitative estimate of drug-likeness (QED) is 0.0471. The van der Waals surface area contributed by atoms with Gasteiger partial charge in [-0.2, -0.15) is 0 Å². The fourth-order valence-electron chi connectivity index (χ4n) is 7.24. The fourth-order valence-corrected chi connectivity index (χ4v) is 7.24. The molecule has 0 aromatic rings. The van der Waals surface area contributed by atoms with E-state index in [-0.39, 0.29) is 0 Å². The van der Waals surface area contributed by atoms with Crippen molar-refractivity contribution in [1.29, 1.82) is 0 Å². The van der Waals surface area contributed by atoms with Crippen LogP contribution >= 0.6 is 0 Å². The van der Waals surface area contributed by atoms with E-state index in [1.165, 1.54) is 233 Å². The topological polar surface area (TPSA) is 3.24 Å². The second-order valence-corrected chi connectivity index (χ2v) is 17.8. The van der Waals surface area contributed by atoms with Crippen LogP contribution in [0.4, 0.5) is 0 Å². The van der Waals surface area contributed by atoms with Crippen molar-refractivity contribution in [2.45, 2.75) is 181 Å². The summed E-state index contributed by atoms with van der Waals surface area (Å²) in [4.78, 5) is 2.86. The van der Waals surface area contributed by atoms with Crippen LogP contribution in [-0.4, -0.2) is 120 Å². The Morgan fingerprint density at radius 2 is 0.489 bits per heavy atom. The van der Waals surface area contributed by atoms with Gasteiger partial charge in [-0.05, 0) is 38.5 Å². The Hall–Kier alpha value is -0.160. The number of rotatable bonds is 37. The van der Waals surface area contributed by atoms with Gasteiger partial charge in [0.25, 0.3) is 0 Å². The zero-order valence-electron chi connectivity index (χ0n) is 34.8. The molecule has 0 radical (unpaired) electrons. The first-order valence-corrected chi connectivity index (χ1v) is 21.7. The van der Waals surface area contributed by atoms with Crippen LogP contribution in [0.1, 0.15) is 181 Å². The lowest BCUT2D eigenvalue weighted by molar-refractivity contribution is -0.893. The third-order valence-electron chi connectivity index (χ3n) is 11.1. The van der Waals surface area contributed by atoms with Gasteiger partial charge in [0.2, 0.25) is 0 Å². The van der Waals surface area contributed by atoms with Crippen molar-refractivity contribution >= 4 is 0 Å². The predicted molar refractivity (Wildman–Crippen MR) is 214 cm³/mol. The highest BCUT2D eigenvalue weighted by molar-refractivity contribution is 4.60. The van der Waals surface area contributed by atoms with Crippen LogP contribution in [0.15, 0.2) is 0 Å². The normalized spacial score (nSPS) is 12.9. The highest BCUT2D eigenvalue weighted by Gasteiger charge is 2.22. The monoisotopic (exact) mass is 668 g/mol. The van der Waals surface area contributed by atoms with Crippen LogP contribution < -0.4 is 0 Å². The van der Waals surface area contributed by atoms with Gasteiger partial charge in [0.15, 0.2) is 0 Å². The van der Waals surface area contributed by atoms with Crippen molar-refractivity contribution in [2.75, 3.05) is 101 Å². The average molecular weight is 668 g/mol. The van der Waals surface area contributed by atoms with Gasteiger partial charge in [-0.3, -0.25) is 4.90 Å². The van der Waals surface area contributed by atoms with E-state index in [4.69, 9.17) is 0 Å². The van der Waals surface area contributed by atoms with Crippen LogP contribution in [-0.2, 0) is 0 Å². The molecule has 4 nitrogen and oxygen atoms in total. The molecule has 0 fully saturated rings. The van der Waals surface area contributed by atoms with E-state index < -0.39 is 0 Å². The Labute approximate surface area is 300 Å². The molecule has 0 N–H and O–H groups in total. The van der Waals surface area contributed by atoms with Gasteiger partial charge in [0.05, 0.1) is 81.6 Å². The maximum Gasteiger partial charge on any atom is 0.0911 e. The Kier molecular flexibility index (Phi) is 30.5. The van der Waals surface area contributed by atoms with Crippen LogP contribution in [0.5, 0.6) is 0 Å². The molecule has 0 aliphatic heterocycles.